The molecule has 0 saturated heterocycles. The molecule has 0 aliphatic heterocycles. The number of hydrogen-bond acceptors (Lipinski definition) is 1. The van der Waals surface area contributed by atoms with E-state index in [0.717, 1.165) is 19.5 Å². The topological polar surface area (TPSA) is 12.0 Å². The lowest BCUT2D eigenvalue weighted by atomic mass is 10.0. The predicted molar refractivity (Wildman–Crippen MR) is 90.3 cm³/mol. The van der Waals surface area contributed by atoms with E-state index < -0.39 is 0 Å². The number of benzene rings is 3. The highest BCUT2D eigenvalue weighted by atomic mass is 14.8. The van der Waals surface area contributed by atoms with Crippen molar-refractivity contribution in [2.24, 2.45) is 0 Å². The first-order chi connectivity index (χ1) is 10.4. The summed E-state index contributed by atoms with van der Waals surface area (Å²) in [4.78, 5) is 0. The Kier molecular flexibility index (Phi) is 4.32. The Balaban J connectivity index is 1.72. The normalized spacial score (nSPS) is 10.9. The number of rotatable bonds is 5. The Hall–Kier alpha value is -2.12. The van der Waals surface area contributed by atoms with Gasteiger partial charge in [0.15, 0.2) is 0 Å². The van der Waals surface area contributed by atoms with Gasteiger partial charge in [0, 0.05) is 13.1 Å². The van der Waals surface area contributed by atoms with Gasteiger partial charge < -0.3 is 5.32 Å². The molecule has 1 nitrogen and oxygen atoms in total. The van der Waals surface area contributed by atoms with Crippen LogP contribution < -0.4 is 5.32 Å². The van der Waals surface area contributed by atoms with Crippen molar-refractivity contribution in [2.75, 3.05) is 0 Å². The largest absolute Gasteiger partial charge is 0.309 e. The van der Waals surface area contributed by atoms with E-state index in [1.807, 2.05) is 0 Å². The Morgan fingerprint density at radius 3 is 2.14 bits per heavy atom. The fourth-order valence-corrected chi connectivity index (χ4v) is 2.85. The zero-order valence-corrected chi connectivity index (χ0v) is 12.5. The molecule has 0 atom stereocenters. The van der Waals surface area contributed by atoms with E-state index in [2.05, 4.69) is 79.0 Å². The third-order valence-electron chi connectivity index (χ3n) is 4.01. The van der Waals surface area contributed by atoms with Crippen molar-refractivity contribution in [1.29, 1.82) is 0 Å². The number of hydrogen-bond donors (Lipinski definition) is 1. The van der Waals surface area contributed by atoms with Gasteiger partial charge in [-0.25, -0.2) is 0 Å². The average Bonchev–Trinajstić information content (AvgIpc) is 2.55. The summed E-state index contributed by atoms with van der Waals surface area (Å²) in [6, 6.07) is 23.8. The van der Waals surface area contributed by atoms with E-state index in [0.29, 0.717) is 0 Å². The zero-order chi connectivity index (χ0) is 14.5. The maximum absolute atomic E-state index is 3.58. The third-order valence-corrected chi connectivity index (χ3v) is 4.01. The first-order valence-corrected chi connectivity index (χ1v) is 7.62. The van der Waals surface area contributed by atoms with Gasteiger partial charge in [0.25, 0.3) is 0 Å². The summed E-state index contributed by atoms with van der Waals surface area (Å²) < 4.78 is 0. The van der Waals surface area contributed by atoms with Crippen LogP contribution in [0, 0.1) is 0 Å². The van der Waals surface area contributed by atoms with E-state index in [-0.39, 0.29) is 0 Å². The summed E-state index contributed by atoms with van der Waals surface area (Å²) >= 11 is 0. The molecule has 0 spiro atoms. The molecule has 0 amide bonds. The molecule has 0 aliphatic carbocycles. The van der Waals surface area contributed by atoms with E-state index in [4.69, 9.17) is 0 Å². The lowest BCUT2D eigenvalue weighted by Crippen LogP contribution is -2.14. The number of nitrogens with one attached hydrogen (secondary N) is 1. The summed E-state index contributed by atoms with van der Waals surface area (Å²) in [5, 5.41) is 6.24. The van der Waals surface area contributed by atoms with E-state index in [1.165, 1.54) is 27.5 Å². The fourth-order valence-electron chi connectivity index (χ4n) is 2.85. The van der Waals surface area contributed by atoms with Crippen molar-refractivity contribution in [3.05, 3.63) is 83.4 Å². The molecular weight excluding hydrogens is 254 g/mol. The van der Waals surface area contributed by atoms with Crippen LogP contribution in [0.25, 0.3) is 10.8 Å². The van der Waals surface area contributed by atoms with Gasteiger partial charge in [-0.3, -0.25) is 0 Å². The minimum absolute atomic E-state index is 0.902. The van der Waals surface area contributed by atoms with Crippen LogP contribution in [0.3, 0.4) is 0 Å². The van der Waals surface area contributed by atoms with E-state index in [9.17, 15) is 0 Å². The maximum atomic E-state index is 3.58. The van der Waals surface area contributed by atoms with Crippen LogP contribution in [-0.4, -0.2) is 0 Å². The molecule has 0 fully saturated rings. The molecule has 21 heavy (non-hydrogen) atoms. The van der Waals surface area contributed by atoms with Crippen molar-refractivity contribution >= 4 is 10.8 Å². The zero-order valence-electron chi connectivity index (χ0n) is 12.5. The SMILES string of the molecule is CCc1ccccc1CNCc1cccc2ccccc12. The van der Waals surface area contributed by atoms with Crippen molar-refractivity contribution in [3.8, 4) is 0 Å². The highest BCUT2D eigenvalue weighted by Gasteiger charge is 2.02. The van der Waals surface area contributed by atoms with Crippen molar-refractivity contribution in [3.63, 3.8) is 0 Å². The van der Waals surface area contributed by atoms with Crippen LogP contribution >= 0.6 is 0 Å². The second kappa shape index (κ2) is 6.55. The van der Waals surface area contributed by atoms with Crippen molar-refractivity contribution in [1.82, 2.24) is 5.32 Å². The highest BCUT2D eigenvalue weighted by Crippen LogP contribution is 2.18. The van der Waals surface area contributed by atoms with Crippen molar-refractivity contribution in [2.45, 2.75) is 26.4 Å². The van der Waals surface area contributed by atoms with Crippen LogP contribution in [0.5, 0.6) is 0 Å². The van der Waals surface area contributed by atoms with Gasteiger partial charge in [-0.15, -0.1) is 0 Å². The first kappa shape index (κ1) is 13.8. The highest BCUT2D eigenvalue weighted by molar-refractivity contribution is 5.85. The Morgan fingerprint density at radius 2 is 1.29 bits per heavy atom. The van der Waals surface area contributed by atoms with Gasteiger partial charge >= 0.3 is 0 Å². The van der Waals surface area contributed by atoms with Gasteiger partial charge in [-0.1, -0.05) is 73.7 Å². The lowest BCUT2D eigenvalue weighted by Gasteiger charge is -2.11. The minimum atomic E-state index is 0.902. The van der Waals surface area contributed by atoms with Gasteiger partial charge in [0.2, 0.25) is 0 Å². The summed E-state index contributed by atoms with van der Waals surface area (Å²) in [5.41, 5.74) is 4.20. The summed E-state index contributed by atoms with van der Waals surface area (Å²) in [5.74, 6) is 0. The fraction of sp³-hybridized carbons (Fsp3) is 0.200. The smallest absolute Gasteiger partial charge is 0.0214 e. The summed E-state index contributed by atoms with van der Waals surface area (Å²) in [6.07, 6.45) is 1.09. The number of aryl methyl sites for hydroxylation is 1. The number of fused-ring (bicyclic) bond motifs is 1. The quantitative estimate of drug-likeness (QED) is 0.712. The van der Waals surface area contributed by atoms with Crippen molar-refractivity contribution < 1.29 is 0 Å². The average molecular weight is 275 g/mol. The molecule has 0 saturated carbocycles. The molecule has 0 bridgehead atoms. The molecule has 0 aliphatic rings. The molecule has 3 aromatic rings. The molecule has 3 aromatic carbocycles. The molecule has 1 N–H and O–H groups in total. The second-order valence-electron chi connectivity index (χ2n) is 5.36. The first-order valence-electron chi connectivity index (χ1n) is 7.62. The molecule has 0 radical (unpaired) electrons. The van der Waals surface area contributed by atoms with Crippen LogP contribution in [0.4, 0.5) is 0 Å². The Morgan fingerprint density at radius 1 is 0.667 bits per heavy atom. The minimum Gasteiger partial charge on any atom is -0.309 e. The monoisotopic (exact) mass is 275 g/mol. The molecule has 1 heteroatoms. The molecule has 0 aromatic heterocycles. The van der Waals surface area contributed by atoms with Crippen LogP contribution in [0.1, 0.15) is 23.6 Å². The Labute approximate surface area is 126 Å². The van der Waals surface area contributed by atoms with Crippen LogP contribution in [0.15, 0.2) is 66.7 Å². The van der Waals surface area contributed by atoms with E-state index in [1.54, 1.807) is 0 Å². The van der Waals surface area contributed by atoms with E-state index >= 15 is 0 Å². The molecular formula is C20H21N. The molecule has 0 unspecified atom stereocenters. The van der Waals surface area contributed by atoms with Gasteiger partial charge in [-0.05, 0) is 33.9 Å². The maximum Gasteiger partial charge on any atom is 0.0214 e. The van der Waals surface area contributed by atoms with Gasteiger partial charge in [0.05, 0.1) is 0 Å². The van der Waals surface area contributed by atoms with Crippen LogP contribution in [0.2, 0.25) is 0 Å². The molecule has 106 valence electrons. The molecule has 0 heterocycles. The summed E-state index contributed by atoms with van der Waals surface area (Å²) in [7, 11) is 0. The Bertz CT molecular complexity index is 725. The molecule has 3 rings (SSSR count). The van der Waals surface area contributed by atoms with Gasteiger partial charge in [0.1, 0.15) is 0 Å². The van der Waals surface area contributed by atoms with Gasteiger partial charge in [-0.2, -0.15) is 0 Å². The third kappa shape index (κ3) is 3.14. The second-order valence-corrected chi connectivity index (χ2v) is 5.36. The van der Waals surface area contributed by atoms with Crippen LogP contribution in [-0.2, 0) is 19.5 Å². The predicted octanol–water partition coefficient (Wildman–Crippen LogP) is 4.69. The lowest BCUT2D eigenvalue weighted by molar-refractivity contribution is 0.691. The summed E-state index contributed by atoms with van der Waals surface area (Å²) in [6.45, 7) is 4.04. The standard InChI is InChI=1S/C20H21N/c1-2-16-8-3-4-10-18(16)14-21-15-19-12-7-11-17-9-5-6-13-20(17)19/h3-13,21H,2,14-15H2,1H3.